The Morgan fingerprint density at radius 1 is 1.03 bits per heavy atom. The summed E-state index contributed by atoms with van der Waals surface area (Å²) in [5.74, 6) is -0.167. The number of nitrogens with zero attached hydrogens (tertiary/aromatic N) is 1. The van der Waals surface area contributed by atoms with Gasteiger partial charge in [0.2, 0.25) is 11.8 Å². The molecule has 0 radical (unpaired) electrons. The summed E-state index contributed by atoms with van der Waals surface area (Å²) >= 11 is 0. The first kappa shape index (κ1) is 22.9. The van der Waals surface area contributed by atoms with E-state index in [1.54, 1.807) is 43.5 Å². The highest BCUT2D eigenvalue weighted by molar-refractivity contribution is 6.01. The lowest BCUT2D eigenvalue weighted by Crippen LogP contribution is -2.45. The van der Waals surface area contributed by atoms with E-state index in [2.05, 4.69) is 10.9 Å². The number of carbonyl (C=O) groups is 3. The lowest BCUT2D eigenvalue weighted by molar-refractivity contribution is -0.126. The van der Waals surface area contributed by atoms with Crippen molar-refractivity contribution in [1.29, 1.82) is 0 Å². The molecule has 1 unspecified atom stereocenters. The number of benzene rings is 2. The maximum Gasteiger partial charge on any atom is 0.269 e. The van der Waals surface area contributed by atoms with Gasteiger partial charge in [0.1, 0.15) is 5.75 Å². The molecule has 2 aromatic carbocycles. The van der Waals surface area contributed by atoms with Crippen LogP contribution in [0.2, 0.25) is 0 Å². The van der Waals surface area contributed by atoms with Gasteiger partial charge in [-0.1, -0.05) is 6.07 Å². The lowest BCUT2D eigenvalue weighted by Gasteiger charge is -2.17. The van der Waals surface area contributed by atoms with E-state index in [0.29, 0.717) is 28.5 Å². The molecule has 170 valence electrons. The number of anilines is 1. The Labute approximate surface area is 186 Å². The van der Waals surface area contributed by atoms with Crippen molar-refractivity contribution in [2.75, 3.05) is 25.7 Å². The standard InChI is InChI=1S/C23H27N3O6/c1-14(2)32-19-9-8-15(10-20(19)31-4)22(28)24-25-23(29)16-11-21(27)26(13-16)17-6-5-7-18(12-17)30-3/h5-10,12,14,16H,11,13H2,1-4H3,(H,24,28)(H,25,29). The molecule has 0 aliphatic carbocycles. The van der Waals surface area contributed by atoms with Gasteiger partial charge in [-0.15, -0.1) is 0 Å². The predicted octanol–water partition coefficient (Wildman–Crippen LogP) is 2.31. The second kappa shape index (κ2) is 10.0. The van der Waals surface area contributed by atoms with E-state index in [4.69, 9.17) is 14.2 Å². The molecule has 9 nitrogen and oxygen atoms in total. The number of hydrazine groups is 1. The lowest BCUT2D eigenvalue weighted by atomic mass is 10.1. The third kappa shape index (κ3) is 5.29. The number of amides is 3. The molecule has 3 amide bonds. The minimum absolute atomic E-state index is 0.0477. The zero-order valence-electron chi connectivity index (χ0n) is 18.5. The Hall–Kier alpha value is -3.75. The smallest absolute Gasteiger partial charge is 0.269 e. The Kier molecular flexibility index (Phi) is 7.19. The summed E-state index contributed by atoms with van der Waals surface area (Å²) in [6, 6.07) is 11.8. The van der Waals surface area contributed by atoms with Crippen LogP contribution in [0.1, 0.15) is 30.6 Å². The van der Waals surface area contributed by atoms with Gasteiger partial charge in [0.25, 0.3) is 5.91 Å². The van der Waals surface area contributed by atoms with E-state index < -0.39 is 17.7 Å². The Morgan fingerprint density at radius 3 is 2.50 bits per heavy atom. The highest BCUT2D eigenvalue weighted by Crippen LogP contribution is 2.29. The van der Waals surface area contributed by atoms with Gasteiger partial charge >= 0.3 is 0 Å². The fraction of sp³-hybridized carbons (Fsp3) is 0.348. The molecule has 1 aliphatic heterocycles. The van der Waals surface area contributed by atoms with Gasteiger partial charge in [-0.2, -0.15) is 0 Å². The highest BCUT2D eigenvalue weighted by atomic mass is 16.5. The molecule has 1 heterocycles. The fourth-order valence-corrected chi connectivity index (χ4v) is 3.36. The molecule has 1 fully saturated rings. The third-order valence-electron chi connectivity index (χ3n) is 4.95. The minimum Gasteiger partial charge on any atom is -0.497 e. The second-order valence-corrected chi connectivity index (χ2v) is 7.58. The molecule has 0 bridgehead atoms. The molecule has 1 aliphatic rings. The Bertz CT molecular complexity index is 1010. The van der Waals surface area contributed by atoms with Gasteiger partial charge in [-0.25, -0.2) is 0 Å². The van der Waals surface area contributed by atoms with Crippen molar-refractivity contribution in [3.8, 4) is 17.2 Å². The van der Waals surface area contributed by atoms with Crippen LogP contribution in [0.25, 0.3) is 0 Å². The number of hydrogen-bond donors (Lipinski definition) is 2. The normalized spacial score (nSPS) is 15.5. The molecule has 9 heteroatoms. The van der Waals surface area contributed by atoms with E-state index >= 15 is 0 Å². The topological polar surface area (TPSA) is 106 Å². The van der Waals surface area contributed by atoms with Gasteiger partial charge < -0.3 is 19.1 Å². The number of ether oxygens (including phenoxy) is 3. The molecular formula is C23H27N3O6. The molecule has 1 atom stereocenters. The predicted molar refractivity (Wildman–Crippen MR) is 118 cm³/mol. The maximum atomic E-state index is 12.6. The maximum absolute atomic E-state index is 12.6. The summed E-state index contributed by atoms with van der Waals surface area (Å²) in [4.78, 5) is 39.0. The number of nitrogens with one attached hydrogen (secondary N) is 2. The highest BCUT2D eigenvalue weighted by Gasteiger charge is 2.35. The van der Waals surface area contributed by atoms with Crippen molar-refractivity contribution in [3.05, 3.63) is 48.0 Å². The number of rotatable bonds is 7. The summed E-state index contributed by atoms with van der Waals surface area (Å²) in [6.07, 6.45) is 0.00192. The van der Waals surface area contributed by atoms with Crippen molar-refractivity contribution >= 4 is 23.4 Å². The van der Waals surface area contributed by atoms with E-state index in [1.807, 2.05) is 13.8 Å². The molecule has 0 spiro atoms. The summed E-state index contributed by atoms with van der Waals surface area (Å²) in [5.41, 5.74) is 5.75. The first-order valence-corrected chi connectivity index (χ1v) is 10.2. The molecule has 1 saturated heterocycles. The van der Waals surface area contributed by atoms with Crippen LogP contribution in [0.5, 0.6) is 17.2 Å². The van der Waals surface area contributed by atoms with Crippen molar-refractivity contribution in [2.45, 2.75) is 26.4 Å². The van der Waals surface area contributed by atoms with Crippen LogP contribution >= 0.6 is 0 Å². The summed E-state index contributed by atoms with van der Waals surface area (Å²) in [7, 11) is 3.03. The van der Waals surface area contributed by atoms with Gasteiger partial charge in [-0.05, 0) is 44.2 Å². The number of methoxy groups -OCH3 is 2. The zero-order chi connectivity index (χ0) is 23.3. The van der Waals surface area contributed by atoms with Crippen LogP contribution in [0.15, 0.2) is 42.5 Å². The summed E-state index contributed by atoms with van der Waals surface area (Å²) in [5, 5.41) is 0. The van der Waals surface area contributed by atoms with E-state index in [-0.39, 0.29) is 25.0 Å². The van der Waals surface area contributed by atoms with Crippen LogP contribution in [0.4, 0.5) is 5.69 Å². The average molecular weight is 441 g/mol. The second-order valence-electron chi connectivity index (χ2n) is 7.58. The largest absolute Gasteiger partial charge is 0.497 e. The zero-order valence-corrected chi connectivity index (χ0v) is 18.5. The molecular weight excluding hydrogens is 414 g/mol. The molecule has 0 saturated carbocycles. The van der Waals surface area contributed by atoms with Gasteiger partial charge in [-0.3, -0.25) is 25.2 Å². The summed E-state index contributed by atoms with van der Waals surface area (Å²) < 4.78 is 16.1. The molecule has 2 N–H and O–H groups in total. The quantitative estimate of drug-likeness (QED) is 0.639. The molecule has 2 aromatic rings. The fourth-order valence-electron chi connectivity index (χ4n) is 3.36. The van der Waals surface area contributed by atoms with E-state index in [0.717, 1.165) is 0 Å². The van der Waals surface area contributed by atoms with Crippen LogP contribution < -0.4 is 30.0 Å². The number of hydrogen-bond acceptors (Lipinski definition) is 6. The third-order valence-corrected chi connectivity index (χ3v) is 4.95. The van der Waals surface area contributed by atoms with Crippen molar-refractivity contribution in [2.24, 2.45) is 5.92 Å². The van der Waals surface area contributed by atoms with E-state index in [9.17, 15) is 14.4 Å². The van der Waals surface area contributed by atoms with Crippen LogP contribution in [0.3, 0.4) is 0 Å². The van der Waals surface area contributed by atoms with Crippen molar-refractivity contribution in [3.63, 3.8) is 0 Å². The minimum atomic E-state index is -0.592. The van der Waals surface area contributed by atoms with Gasteiger partial charge in [0.05, 0.1) is 26.2 Å². The average Bonchev–Trinajstić information content (AvgIpc) is 3.18. The molecule has 0 aromatic heterocycles. The first-order valence-electron chi connectivity index (χ1n) is 10.2. The Morgan fingerprint density at radius 2 is 1.81 bits per heavy atom. The van der Waals surface area contributed by atoms with E-state index in [1.165, 1.54) is 18.1 Å². The van der Waals surface area contributed by atoms with Crippen molar-refractivity contribution < 1.29 is 28.6 Å². The van der Waals surface area contributed by atoms with Crippen LogP contribution in [-0.2, 0) is 9.59 Å². The number of carbonyl (C=O) groups excluding carboxylic acids is 3. The first-order chi connectivity index (χ1) is 15.3. The molecule has 32 heavy (non-hydrogen) atoms. The van der Waals surface area contributed by atoms with Crippen LogP contribution in [-0.4, -0.2) is 44.6 Å². The molecule has 3 rings (SSSR count). The van der Waals surface area contributed by atoms with Crippen LogP contribution in [0, 0.1) is 5.92 Å². The monoisotopic (exact) mass is 441 g/mol. The Balaban J connectivity index is 1.59. The van der Waals surface area contributed by atoms with Gasteiger partial charge in [0, 0.05) is 30.3 Å². The van der Waals surface area contributed by atoms with Gasteiger partial charge in [0.15, 0.2) is 11.5 Å². The van der Waals surface area contributed by atoms with Crippen molar-refractivity contribution in [1.82, 2.24) is 10.9 Å². The summed E-state index contributed by atoms with van der Waals surface area (Å²) in [6.45, 7) is 3.99. The SMILES string of the molecule is COc1cccc(N2CC(C(=O)NNC(=O)c3ccc(OC(C)C)c(OC)c3)CC2=O)c1.